The average Bonchev–Trinajstić information content (AvgIpc) is 3.11. The zero-order chi connectivity index (χ0) is 13.0. The zero-order valence-electron chi connectivity index (χ0n) is 10.6. The molecule has 0 radical (unpaired) electrons. The number of fused-ring (bicyclic) bond motifs is 3. The van der Waals surface area contributed by atoms with Gasteiger partial charge in [0.05, 0.1) is 0 Å². The van der Waals surface area contributed by atoms with Crippen LogP contribution in [0, 0.1) is 17.8 Å². The first-order chi connectivity index (χ1) is 9.20. The zero-order valence-corrected chi connectivity index (χ0v) is 11.3. The van der Waals surface area contributed by atoms with Gasteiger partial charge in [-0.05, 0) is 55.4 Å². The molecule has 0 amide bonds. The molecule has 2 nitrogen and oxygen atoms in total. The molecule has 3 unspecified atom stereocenters. The summed E-state index contributed by atoms with van der Waals surface area (Å²) < 4.78 is 5.70. The molecule has 1 aromatic carbocycles. The summed E-state index contributed by atoms with van der Waals surface area (Å²) in [6.07, 6.45) is 4.82. The molecule has 3 heteroatoms. The van der Waals surface area contributed by atoms with Gasteiger partial charge in [0, 0.05) is 16.3 Å². The summed E-state index contributed by atoms with van der Waals surface area (Å²) in [6, 6.07) is 7.31. The van der Waals surface area contributed by atoms with Gasteiger partial charge in [-0.2, -0.15) is 0 Å². The Bertz CT molecular complexity index is 658. The molecule has 2 aliphatic rings. The van der Waals surface area contributed by atoms with Gasteiger partial charge in [0.1, 0.15) is 5.58 Å². The largest absolute Gasteiger partial charge is 0.453 e. The number of benzene rings is 1. The summed E-state index contributed by atoms with van der Waals surface area (Å²) in [5.74, 6) is 2.26. The van der Waals surface area contributed by atoms with Crippen molar-refractivity contribution in [2.45, 2.75) is 25.7 Å². The van der Waals surface area contributed by atoms with E-state index in [1.807, 2.05) is 18.2 Å². The second kappa shape index (κ2) is 4.11. The number of hydrogen-bond acceptors (Lipinski definition) is 2. The molecule has 19 heavy (non-hydrogen) atoms. The smallest absolute Gasteiger partial charge is 0.201 e. The predicted octanol–water partition coefficient (Wildman–Crippen LogP) is 4.71. The highest BCUT2D eigenvalue weighted by Gasteiger charge is 2.43. The van der Waals surface area contributed by atoms with E-state index in [0.717, 1.165) is 23.3 Å². The Hall–Kier alpha value is -1.28. The fourth-order valence-corrected chi connectivity index (χ4v) is 4.06. The van der Waals surface area contributed by atoms with Gasteiger partial charge >= 0.3 is 0 Å². The third-order valence-electron chi connectivity index (χ3n) is 4.80. The average molecular weight is 275 g/mol. The van der Waals surface area contributed by atoms with E-state index in [1.165, 1.54) is 19.3 Å². The van der Waals surface area contributed by atoms with Gasteiger partial charge in [-0.25, -0.2) is 0 Å². The highest BCUT2D eigenvalue weighted by Crippen LogP contribution is 2.49. The highest BCUT2D eigenvalue weighted by atomic mass is 35.5. The fraction of sp³-hybridized carbons (Fsp3) is 0.438. The van der Waals surface area contributed by atoms with E-state index in [2.05, 4.69) is 0 Å². The molecule has 2 bridgehead atoms. The predicted molar refractivity (Wildman–Crippen MR) is 74.5 cm³/mol. The van der Waals surface area contributed by atoms with E-state index in [0.29, 0.717) is 16.7 Å². The molecule has 0 saturated heterocycles. The number of rotatable bonds is 2. The molecular weight excluding hydrogens is 260 g/mol. The van der Waals surface area contributed by atoms with Gasteiger partial charge in [-0.1, -0.05) is 18.0 Å². The number of ketones is 1. The summed E-state index contributed by atoms with van der Waals surface area (Å²) >= 11 is 5.96. The summed E-state index contributed by atoms with van der Waals surface area (Å²) in [5, 5.41) is 1.59. The first-order valence-corrected chi connectivity index (χ1v) is 7.32. The lowest BCUT2D eigenvalue weighted by Gasteiger charge is -2.18. The molecule has 2 fully saturated rings. The molecular formula is C16H15ClO2. The van der Waals surface area contributed by atoms with Crippen molar-refractivity contribution in [2.24, 2.45) is 17.8 Å². The topological polar surface area (TPSA) is 30.2 Å². The summed E-state index contributed by atoms with van der Waals surface area (Å²) in [5.41, 5.74) is 0.746. The Balaban J connectivity index is 1.68. The summed E-state index contributed by atoms with van der Waals surface area (Å²) in [7, 11) is 0. The third kappa shape index (κ3) is 1.81. The summed E-state index contributed by atoms with van der Waals surface area (Å²) in [4.78, 5) is 12.6. The minimum atomic E-state index is 0.190. The van der Waals surface area contributed by atoms with Crippen LogP contribution in [0.1, 0.15) is 36.2 Å². The monoisotopic (exact) mass is 274 g/mol. The van der Waals surface area contributed by atoms with E-state index >= 15 is 0 Å². The molecule has 3 atom stereocenters. The quantitative estimate of drug-likeness (QED) is 0.743. The van der Waals surface area contributed by atoms with Crippen molar-refractivity contribution in [3.8, 4) is 0 Å². The maximum absolute atomic E-state index is 12.6. The molecule has 0 spiro atoms. The van der Waals surface area contributed by atoms with E-state index in [-0.39, 0.29) is 11.7 Å². The van der Waals surface area contributed by atoms with Gasteiger partial charge in [0.25, 0.3) is 0 Å². The second-order valence-corrected chi connectivity index (χ2v) is 6.37. The Morgan fingerprint density at radius 2 is 2.11 bits per heavy atom. The molecule has 2 aromatic rings. The van der Waals surface area contributed by atoms with E-state index in [9.17, 15) is 4.79 Å². The lowest BCUT2D eigenvalue weighted by molar-refractivity contribution is 0.0848. The van der Waals surface area contributed by atoms with Crippen LogP contribution in [-0.2, 0) is 0 Å². The van der Waals surface area contributed by atoms with Crippen LogP contribution in [0.5, 0.6) is 0 Å². The van der Waals surface area contributed by atoms with Crippen LogP contribution in [0.25, 0.3) is 11.0 Å². The van der Waals surface area contributed by atoms with Crippen LogP contribution in [0.3, 0.4) is 0 Å². The van der Waals surface area contributed by atoms with Gasteiger partial charge in [0.15, 0.2) is 5.76 Å². The van der Waals surface area contributed by atoms with Crippen molar-refractivity contribution >= 4 is 28.4 Å². The SMILES string of the molecule is O=C(c1cc2cc(Cl)ccc2o1)C1CC2CCC1C2. The van der Waals surface area contributed by atoms with Crippen molar-refractivity contribution in [1.82, 2.24) is 0 Å². The van der Waals surface area contributed by atoms with Crippen molar-refractivity contribution in [3.63, 3.8) is 0 Å². The number of halogens is 1. The van der Waals surface area contributed by atoms with E-state index in [4.69, 9.17) is 16.0 Å². The number of carbonyl (C=O) groups excluding carboxylic acids is 1. The highest BCUT2D eigenvalue weighted by molar-refractivity contribution is 6.31. The van der Waals surface area contributed by atoms with E-state index < -0.39 is 0 Å². The molecule has 0 aliphatic heterocycles. The number of hydrogen-bond donors (Lipinski definition) is 0. The number of Topliss-reactive ketones (excluding diaryl/α,β-unsaturated/α-hetero) is 1. The van der Waals surface area contributed by atoms with Crippen LogP contribution in [0.4, 0.5) is 0 Å². The maximum Gasteiger partial charge on any atom is 0.201 e. The van der Waals surface area contributed by atoms with Crippen molar-refractivity contribution < 1.29 is 9.21 Å². The van der Waals surface area contributed by atoms with Gasteiger partial charge in [-0.15, -0.1) is 0 Å². The van der Waals surface area contributed by atoms with Crippen molar-refractivity contribution in [1.29, 1.82) is 0 Å². The van der Waals surface area contributed by atoms with Crippen LogP contribution >= 0.6 is 11.6 Å². The normalized spacial score (nSPS) is 29.2. The Morgan fingerprint density at radius 1 is 1.21 bits per heavy atom. The van der Waals surface area contributed by atoms with Crippen LogP contribution in [-0.4, -0.2) is 5.78 Å². The Kier molecular flexibility index (Phi) is 2.49. The molecule has 2 saturated carbocycles. The molecule has 0 N–H and O–H groups in total. The second-order valence-electron chi connectivity index (χ2n) is 5.94. The number of furan rings is 1. The van der Waals surface area contributed by atoms with Gasteiger partial charge < -0.3 is 4.42 Å². The molecule has 98 valence electrons. The summed E-state index contributed by atoms with van der Waals surface area (Å²) in [6.45, 7) is 0. The molecule has 2 aliphatic carbocycles. The third-order valence-corrected chi connectivity index (χ3v) is 5.03. The van der Waals surface area contributed by atoms with Crippen LogP contribution in [0.15, 0.2) is 28.7 Å². The number of carbonyl (C=O) groups is 1. The Labute approximate surface area is 116 Å². The lowest BCUT2D eigenvalue weighted by Crippen LogP contribution is -2.20. The first-order valence-electron chi connectivity index (χ1n) is 6.94. The molecule has 1 aromatic heterocycles. The van der Waals surface area contributed by atoms with Crippen molar-refractivity contribution in [3.05, 3.63) is 35.0 Å². The Morgan fingerprint density at radius 3 is 2.84 bits per heavy atom. The first kappa shape index (κ1) is 11.5. The van der Waals surface area contributed by atoms with E-state index in [1.54, 1.807) is 6.07 Å². The molecule has 4 rings (SSSR count). The van der Waals surface area contributed by atoms with Crippen molar-refractivity contribution in [2.75, 3.05) is 0 Å². The minimum Gasteiger partial charge on any atom is -0.453 e. The minimum absolute atomic E-state index is 0.190. The maximum atomic E-state index is 12.6. The van der Waals surface area contributed by atoms with Crippen LogP contribution < -0.4 is 0 Å². The standard InChI is InChI=1S/C16H15ClO2/c17-12-3-4-14-11(7-12)8-15(19-14)16(18)13-6-9-1-2-10(13)5-9/h3-4,7-10,13H,1-2,5-6H2. The van der Waals surface area contributed by atoms with Gasteiger partial charge in [0.2, 0.25) is 5.78 Å². The van der Waals surface area contributed by atoms with Crippen LogP contribution in [0.2, 0.25) is 5.02 Å². The fourth-order valence-electron chi connectivity index (χ4n) is 3.88. The molecule has 1 heterocycles. The lowest BCUT2D eigenvalue weighted by atomic mass is 9.85. The van der Waals surface area contributed by atoms with Gasteiger partial charge in [-0.3, -0.25) is 4.79 Å².